The standard InChI is InChI=1S/C30H39F3N4O6/c1-19-27(29(39)37-12-9-22(10-13-37)36-25-11-14-40-16-21(25)15-38)34-18-35-28(19)41-17-24-3-2-4-26(42-24)20-5-7-23(8-6-20)43-30(31,32)33/h5-8,18,21-22,24-26,36,38H,2-4,9-17H2,1H3/t21-,24+,25+,26-/m0/s1. The van der Waals surface area contributed by atoms with Crippen molar-refractivity contribution in [3.05, 3.63) is 47.4 Å². The summed E-state index contributed by atoms with van der Waals surface area (Å²) in [5.74, 6) is -0.0179. The molecule has 1 aromatic carbocycles. The van der Waals surface area contributed by atoms with E-state index in [-0.39, 0.29) is 55.1 Å². The predicted octanol–water partition coefficient (Wildman–Crippen LogP) is 3.96. The third kappa shape index (κ3) is 8.34. The summed E-state index contributed by atoms with van der Waals surface area (Å²) in [6.07, 6.45) is 0.940. The average molecular weight is 609 g/mol. The fourth-order valence-corrected chi connectivity index (χ4v) is 6.02. The van der Waals surface area contributed by atoms with Gasteiger partial charge in [0.1, 0.15) is 24.4 Å². The quantitative estimate of drug-likeness (QED) is 0.437. The minimum atomic E-state index is -4.74. The van der Waals surface area contributed by atoms with Gasteiger partial charge < -0.3 is 34.3 Å². The Labute approximate surface area is 248 Å². The fraction of sp³-hybridized carbons (Fsp3) is 0.633. The number of rotatable bonds is 9. The third-order valence-corrected chi connectivity index (χ3v) is 8.42. The number of likely N-dealkylation sites (tertiary alicyclic amines) is 1. The Morgan fingerprint density at radius 3 is 2.60 bits per heavy atom. The zero-order valence-corrected chi connectivity index (χ0v) is 24.2. The van der Waals surface area contributed by atoms with E-state index in [1.165, 1.54) is 18.5 Å². The monoisotopic (exact) mass is 608 g/mol. The van der Waals surface area contributed by atoms with Crippen LogP contribution in [0.15, 0.2) is 30.6 Å². The number of halogens is 3. The van der Waals surface area contributed by atoms with E-state index >= 15 is 0 Å². The number of aliphatic hydroxyl groups is 1. The van der Waals surface area contributed by atoms with Gasteiger partial charge in [0.15, 0.2) is 0 Å². The molecule has 43 heavy (non-hydrogen) atoms. The lowest BCUT2D eigenvalue weighted by Crippen LogP contribution is -2.52. The molecule has 0 unspecified atom stereocenters. The van der Waals surface area contributed by atoms with Crippen molar-refractivity contribution in [2.75, 3.05) is 39.5 Å². The van der Waals surface area contributed by atoms with Gasteiger partial charge in [0.05, 0.1) is 18.8 Å². The summed E-state index contributed by atoms with van der Waals surface area (Å²) in [4.78, 5) is 23.7. The predicted molar refractivity (Wildman–Crippen MR) is 149 cm³/mol. The molecule has 3 fully saturated rings. The van der Waals surface area contributed by atoms with E-state index in [0.29, 0.717) is 43.4 Å². The highest BCUT2D eigenvalue weighted by Crippen LogP contribution is 2.33. The van der Waals surface area contributed by atoms with E-state index in [1.807, 2.05) is 4.90 Å². The second-order valence-electron chi connectivity index (χ2n) is 11.4. The van der Waals surface area contributed by atoms with Crippen molar-refractivity contribution in [1.29, 1.82) is 0 Å². The zero-order chi connectivity index (χ0) is 30.4. The molecule has 236 valence electrons. The molecule has 2 aromatic rings. The fourth-order valence-electron chi connectivity index (χ4n) is 6.02. The highest BCUT2D eigenvalue weighted by atomic mass is 19.4. The van der Waals surface area contributed by atoms with Gasteiger partial charge in [-0.25, -0.2) is 9.97 Å². The number of hydrogen-bond donors (Lipinski definition) is 2. The van der Waals surface area contributed by atoms with Crippen LogP contribution >= 0.6 is 0 Å². The second kappa shape index (κ2) is 14.2. The third-order valence-electron chi connectivity index (χ3n) is 8.42. The lowest BCUT2D eigenvalue weighted by atomic mass is 9.94. The van der Waals surface area contributed by atoms with Gasteiger partial charge in [0.25, 0.3) is 5.91 Å². The van der Waals surface area contributed by atoms with Crippen molar-refractivity contribution >= 4 is 5.91 Å². The zero-order valence-electron chi connectivity index (χ0n) is 24.2. The van der Waals surface area contributed by atoms with Gasteiger partial charge in [0, 0.05) is 49.9 Å². The molecule has 3 saturated heterocycles. The maximum absolute atomic E-state index is 13.4. The number of amides is 1. The molecule has 0 spiro atoms. The van der Waals surface area contributed by atoms with Crippen molar-refractivity contribution in [3.63, 3.8) is 0 Å². The lowest BCUT2D eigenvalue weighted by molar-refractivity contribution is -0.274. The van der Waals surface area contributed by atoms with Crippen LogP contribution in [-0.2, 0) is 9.47 Å². The van der Waals surface area contributed by atoms with Crippen molar-refractivity contribution < 1.29 is 42.0 Å². The van der Waals surface area contributed by atoms with E-state index in [9.17, 15) is 23.1 Å². The molecule has 1 aromatic heterocycles. The number of aliphatic hydroxyl groups excluding tert-OH is 1. The molecule has 0 aliphatic carbocycles. The first-order chi connectivity index (χ1) is 20.7. The first-order valence-corrected chi connectivity index (χ1v) is 14.9. The number of carbonyl (C=O) groups excluding carboxylic acids is 1. The van der Waals surface area contributed by atoms with Gasteiger partial charge in [-0.3, -0.25) is 4.79 Å². The molecule has 3 aliphatic heterocycles. The molecule has 3 aliphatic rings. The summed E-state index contributed by atoms with van der Waals surface area (Å²) >= 11 is 0. The number of aromatic nitrogens is 2. The summed E-state index contributed by atoms with van der Waals surface area (Å²) in [5, 5.41) is 13.3. The summed E-state index contributed by atoms with van der Waals surface area (Å²) in [5.41, 5.74) is 1.64. The van der Waals surface area contributed by atoms with Crippen LogP contribution in [-0.4, -0.2) is 89.9 Å². The number of nitrogens with one attached hydrogen (secondary N) is 1. The van der Waals surface area contributed by atoms with E-state index in [2.05, 4.69) is 20.0 Å². The van der Waals surface area contributed by atoms with E-state index in [0.717, 1.165) is 44.1 Å². The highest BCUT2D eigenvalue weighted by Gasteiger charge is 2.33. The molecule has 0 radical (unpaired) electrons. The molecule has 10 nitrogen and oxygen atoms in total. The molecular weight excluding hydrogens is 569 g/mol. The lowest BCUT2D eigenvalue weighted by Gasteiger charge is -2.38. The number of piperidine rings is 1. The minimum Gasteiger partial charge on any atom is -0.475 e. The number of ether oxygens (including phenoxy) is 4. The number of nitrogens with zero attached hydrogens (tertiary/aromatic N) is 3. The Kier molecular flexibility index (Phi) is 10.4. The van der Waals surface area contributed by atoms with Crippen LogP contribution in [0.25, 0.3) is 0 Å². The smallest absolute Gasteiger partial charge is 0.475 e. The molecule has 13 heteroatoms. The molecule has 1 amide bonds. The molecule has 5 rings (SSSR count). The molecule has 2 N–H and O–H groups in total. The second-order valence-corrected chi connectivity index (χ2v) is 11.4. The Bertz CT molecular complexity index is 1210. The summed E-state index contributed by atoms with van der Waals surface area (Å²) in [6, 6.07) is 6.22. The molecule has 0 saturated carbocycles. The molecule has 0 bridgehead atoms. The van der Waals surface area contributed by atoms with Gasteiger partial charge >= 0.3 is 6.36 Å². The van der Waals surface area contributed by atoms with Crippen LogP contribution in [0.4, 0.5) is 13.2 Å². The number of carbonyl (C=O) groups is 1. The van der Waals surface area contributed by atoms with Gasteiger partial charge in [-0.2, -0.15) is 0 Å². The van der Waals surface area contributed by atoms with Gasteiger partial charge in [-0.1, -0.05) is 12.1 Å². The van der Waals surface area contributed by atoms with Gasteiger partial charge in [0.2, 0.25) is 5.88 Å². The minimum absolute atomic E-state index is 0.0914. The van der Waals surface area contributed by atoms with Gasteiger partial charge in [-0.15, -0.1) is 13.2 Å². The van der Waals surface area contributed by atoms with Crippen LogP contribution in [0, 0.1) is 12.8 Å². The van der Waals surface area contributed by atoms with Crippen LogP contribution in [0.2, 0.25) is 0 Å². The van der Waals surface area contributed by atoms with E-state index in [1.54, 1.807) is 19.1 Å². The van der Waals surface area contributed by atoms with Crippen LogP contribution in [0.1, 0.15) is 66.2 Å². The van der Waals surface area contributed by atoms with Crippen LogP contribution in [0.3, 0.4) is 0 Å². The van der Waals surface area contributed by atoms with Crippen LogP contribution in [0.5, 0.6) is 11.6 Å². The van der Waals surface area contributed by atoms with Crippen LogP contribution < -0.4 is 14.8 Å². The Morgan fingerprint density at radius 2 is 1.88 bits per heavy atom. The molecular formula is C30H39F3N4O6. The highest BCUT2D eigenvalue weighted by molar-refractivity contribution is 5.94. The van der Waals surface area contributed by atoms with Crippen molar-refractivity contribution in [2.24, 2.45) is 5.92 Å². The van der Waals surface area contributed by atoms with E-state index < -0.39 is 6.36 Å². The maximum Gasteiger partial charge on any atom is 0.573 e. The maximum atomic E-state index is 13.4. The largest absolute Gasteiger partial charge is 0.573 e. The Morgan fingerprint density at radius 1 is 1.12 bits per heavy atom. The summed E-state index contributed by atoms with van der Waals surface area (Å²) in [7, 11) is 0. The molecule has 4 atom stereocenters. The number of alkyl halides is 3. The number of benzene rings is 1. The van der Waals surface area contributed by atoms with E-state index in [4.69, 9.17) is 14.2 Å². The normalized spacial score (nSPS) is 25.4. The first-order valence-electron chi connectivity index (χ1n) is 14.9. The first kappa shape index (κ1) is 31.4. The molecule has 4 heterocycles. The number of hydrogen-bond acceptors (Lipinski definition) is 9. The SMILES string of the molecule is Cc1c(OC[C@H]2CCC[C@@H](c3ccc(OC(F)(F)F)cc3)O2)ncnc1C(=O)N1CCC(N[C@@H]2CCOC[C@@H]2CO)CC1. The topological polar surface area (TPSA) is 115 Å². The Balaban J connectivity index is 1.12. The van der Waals surface area contributed by atoms with Crippen molar-refractivity contribution in [2.45, 2.75) is 76.1 Å². The van der Waals surface area contributed by atoms with Gasteiger partial charge in [-0.05, 0) is 63.1 Å². The van der Waals surface area contributed by atoms with Crippen molar-refractivity contribution in [3.8, 4) is 11.6 Å². The average Bonchev–Trinajstić information content (AvgIpc) is 3.01. The summed E-state index contributed by atoms with van der Waals surface area (Å²) in [6.45, 7) is 4.54. The summed E-state index contributed by atoms with van der Waals surface area (Å²) < 4.78 is 59.0. The van der Waals surface area contributed by atoms with Crippen molar-refractivity contribution in [1.82, 2.24) is 20.2 Å². The Hall–Kier alpha value is -3.00.